The number of halogens is 5. The van der Waals surface area contributed by atoms with Gasteiger partial charge in [-0.15, -0.1) is 12.4 Å². The number of piperazine rings is 1. The highest BCUT2D eigenvalue weighted by Gasteiger charge is 2.44. The highest BCUT2D eigenvalue weighted by atomic mass is 35.5. The Bertz CT molecular complexity index is 662. The maximum Gasteiger partial charge on any atom is 0.461 e. The standard InChI is InChI=1S/C17H18F4N2O2.ClH/c18-16(19)17(20,21)25-13-5-3-12(4-6-13)15(14-2-1-11-24-14)23-9-7-22-8-10-23;/h1-6,11,15-16,22H,7-10H2;1H/t15-;/m1./s1. The van der Waals surface area contributed by atoms with Gasteiger partial charge in [0.25, 0.3) is 0 Å². The van der Waals surface area contributed by atoms with E-state index in [4.69, 9.17) is 4.42 Å². The maximum absolute atomic E-state index is 13.0. The average molecular weight is 395 g/mol. The molecular formula is C17H19ClF4N2O2. The van der Waals surface area contributed by atoms with Crippen molar-refractivity contribution in [2.24, 2.45) is 0 Å². The summed E-state index contributed by atoms with van der Waals surface area (Å²) in [6, 6.07) is 9.17. The molecular weight excluding hydrogens is 376 g/mol. The van der Waals surface area contributed by atoms with Crippen molar-refractivity contribution in [3.63, 3.8) is 0 Å². The van der Waals surface area contributed by atoms with E-state index < -0.39 is 12.5 Å². The zero-order valence-corrected chi connectivity index (χ0v) is 14.5. The molecule has 4 nitrogen and oxygen atoms in total. The lowest BCUT2D eigenvalue weighted by atomic mass is 10.0. The van der Waals surface area contributed by atoms with Crippen molar-refractivity contribution in [3.05, 3.63) is 54.0 Å². The van der Waals surface area contributed by atoms with Crippen molar-refractivity contribution in [1.82, 2.24) is 10.2 Å². The molecule has 0 radical (unpaired) electrons. The first-order chi connectivity index (χ1) is 12.0. The van der Waals surface area contributed by atoms with Crippen LogP contribution in [0.15, 0.2) is 47.1 Å². The summed E-state index contributed by atoms with van der Waals surface area (Å²) < 4.78 is 60.1. The van der Waals surface area contributed by atoms with E-state index in [0.29, 0.717) is 0 Å². The van der Waals surface area contributed by atoms with Crippen LogP contribution in [0.2, 0.25) is 0 Å². The number of nitrogens with one attached hydrogen (secondary N) is 1. The number of furan rings is 1. The van der Waals surface area contributed by atoms with Gasteiger partial charge < -0.3 is 14.5 Å². The Morgan fingerprint density at radius 2 is 1.73 bits per heavy atom. The smallest absolute Gasteiger partial charge is 0.461 e. The SMILES string of the molecule is Cl.FC(F)C(F)(F)Oc1ccc([C@H](c2ccco2)N2CCNCC2)cc1. The third kappa shape index (κ3) is 4.69. The van der Waals surface area contributed by atoms with Crippen LogP contribution in [-0.2, 0) is 0 Å². The second kappa shape index (κ2) is 8.75. The Balaban J connectivity index is 0.00000243. The quantitative estimate of drug-likeness (QED) is 0.753. The van der Waals surface area contributed by atoms with Crippen molar-refractivity contribution in [2.45, 2.75) is 18.6 Å². The van der Waals surface area contributed by atoms with Crippen LogP contribution in [-0.4, -0.2) is 43.6 Å². The second-order valence-corrected chi connectivity index (χ2v) is 5.74. The van der Waals surface area contributed by atoms with Gasteiger partial charge in [0.1, 0.15) is 11.5 Å². The summed E-state index contributed by atoms with van der Waals surface area (Å²) in [5.74, 6) is 0.418. The molecule has 0 aliphatic carbocycles. The fraction of sp³-hybridized carbons (Fsp3) is 0.412. The first kappa shape index (κ1) is 20.5. The second-order valence-electron chi connectivity index (χ2n) is 5.74. The summed E-state index contributed by atoms with van der Waals surface area (Å²) in [7, 11) is 0. The normalized spacial score (nSPS) is 17.0. The molecule has 1 atom stereocenters. The average Bonchev–Trinajstić information content (AvgIpc) is 3.11. The summed E-state index contributed by atoms with van der Waals surface area (Å²) >= 11 is 0. The van der Waals surface area contributed by atoms with Gasteiger partial charge in [-0.2, -0.15) is 17.6 Å². The van der Waals surface area contributed by atoms with Gasteiger partial charge in [0, 0.05) is 26.2 Å². The van der Waals surface area contributed by atoms with Crippen LogP contribution in [0.5, 0.6) is 5.75 Å². The van der Waals surface area contributed by atoms with Gasteiger partial charge in [-0.3, -0.25) is 4.90 Å². The van der Waals surface area contributed by atoms with Crippen molar-refractivity contribution < 1.29 is 26.7 Å². The van der Waals surface area contributed by atoms with Gasteiger partial charge in [-0.1, -0.05) is 12.1 Å². The zero-order valence-electron chi connectivity index (χ0n) is 13.7. The largest absolute Gasteiger partial charge is 0.467 e. The molecule has 1 aromatic heterocycles. The van der Waals surface area contributed by atoms with Gasteiger partial charge in [-0.05, 0) is 29.8 Å². The highest BCUT2D eigenvalue weighted by Crippen LogP contribution is 2.32. The number of alkyl halides is 4. The molecule has 1 aliphatic rings. The molecule has 1 saturated heterocycles. The Hall–Kier alpha value is -1.77. The molecule has 1 aliphatic heterocycles. The molecule has 0 unspecified atom stereocenters. The molecule has 144 valence electrons. The summed E-state index contributed by atoms with van der Waals surface area (Å²) in [4.78, 5) is 2.21. The fourth-order valence-electron chi connectivity index (χ4n) is 2.86. The van der Waals surface area contributed by atoms with E-state index >= 15 is 0 Å². The maximum atomic E-state index is 13.0. The van der Waals surface area contributed by atoms with Crippen LogP contribution in [0.4, 0.5) is 17.6 Å². The van der Waals surface area contributed by atoms with E-state index in [2.05, 4.69) is 15.0 Å². The van der Waals surface area contributed by atoms with Crippen molar-refractivity contribution in [3.8, 4) is 5.75 Å². The first-order valence-electron chi connectivity index (χ1n) is 7.90. The van der Waals surface area contributed by atoms with Gasteiger partial charge in [0.05, 0.1) is 12.3 Å². The zero-order chi connectivity index (χ0) is 17.9. The van der Waals surface area contributed by atoms with E-state index in [1.807, 2.05) is 6.07 Å². The monoisotopic (exact) mass is 394 g/mol. The van der Waals surface area contributed by atoms with Crippen LogP contribution < -0.4 is 10.1 Å². The summed E-state index contributed by atoms with van der Waals surface area (Å²) in [5.41, 5.74) is 0.810. The number of nitrogens with zero attached hydrogens (tertiary/aromatic N) is 1. The van der Waals surface area contributed by atoms with Crippen molar-refractivity contribution in [2.75, 3.05) is 26.2 Å². The molecule has 3 rings (SSSR count). The molecule has 2 heterocycles. The third-order valence-electron chi connectivity index (χ3n) is 4.03. The number of rotatable bonds is 6. The Morgan fingerprint density at radius 3 is 2.27 bits per heavy atom. The summed E-state index contributed by atoms with van der Waals surface area (Å²) in [6.07, 6.45) is -6.82. The van der Waals surface area contributed by atoms with E-state index in [0.717, 1.165) is 37.5 Å². The lowest BCUT2D eigenvalue weighted by molar-refractivity contribution is -0.253. The molecule has 1 N–H and O–H groups in total. The predicted octanol–water partition coefficient (Wildman–Crippen LogP) is 3.93. The Labute approximate surface area is 154 Å². The molecule has 0 bridgehead atoms. The van der Waals surface area contributed by atoms with Gasteiger partial charge in [0.15, 0.2) is 0 Å². The summed E-state index contributed by atoms with van der Waals surface area (Å²) in [6.45, 7) is 3.26. The third-order valence-corrected chi connectivity index (χ3v) is 4.03. The molecule has 1 fully saturated rings. The van der Waals surface area contributed by atoms with Crippen molar-refractivity contribution >= 4 is 12.4 Å². The number of hydrogen-bond acceptors (Lipinski definition) is 4. The predicted molar refractivity (Wildman–Crippen MR) is 90.3 cm³/mol. The Kier molecular flexibility index (Phi) is 6.91. The van der Waals surface area contributed by atoms with E-state index in [1.54, 1.807) is 24.5 Å². The van der Waals surface area contributed by atoms with Gasteiger partial charge in [0.2, 0.25) is 0 Å². The summed E-state index contributed by atoms with van der Waals surface area (Å²) in [5, 5.41) is 3.27. The van der Waals surface area contributed by atoms with Crippen LogP contribution in [0.3, 0.4) is 0 Å². The highest BCUT2D eigenvalue weighted by molar-refractivity contribution is 5.85. The topological polar surface area (TPSA) is 37.6 Å². The molecule has 9 heteroatoms. The minimum atomic E-state index is -4.51. The number of hydrogen-bond donors (Lipinski definition) is 1. The van der Waals surface area contributed by atoms with Gasteiger partial charge in [-0.25, -0.2) is 0 Å². The lowest BCUT2D eigenvalue weighted by Gasteiger charge is -2.34. The van der Waals surface area contributed by atoms with Crippen LogP contribution in [0.25, 0.3) is 0 Å². The van der Waals surface area contributed by atoms with E-state index in [1.165, 1.54) is 12.1 Å². The lowest BCUT2D eigenvalue weighted by Crippen LogP contribution is -2.45. The minimum absolute atomic E-state index is 0. The minimum Gasteiger partial charge on any atom is -0.467 e. The molecule has 26 heavy (non-hydrogen) atoms. The Morgan fingerprint density at radius 1 is 1.08 bits per heavy atom. The van der Waals surface area contributed by atoms with E-state index in [-0.39, 0.29) is 24.2 Å². The fourth-order valence-corrected chi connectivity index (χ4v) is 2.86. The molecule has 0 amide bonds. The molecule has 0 spiro atoms. The number of ether oxygens (including phenoxy) is 1. The molecule has 2 aromatic rings. The van der Waals surface area contributed by atoms with Crippen LogP contribution in [0.1, 0.15) is 17.4 Å². The van der Waals surface area contributed by atoms with Crippen molar-refractivity contribution in [1.29, 1.82) is 0 Å². The van der Waals surface area contributed by atoms with Crippen LogP contribution in [0, 0.1) is 0 Å². The first-order valence-corrected chi connectivity index (χ1v) is 7.90. The van der Waals surface area contributed by atoms with E-state index in [9.17, 15) is 17.6 Å². The van der Waals surface area contributed by atoms with Gasteiger partial charge >= 0.3 is 12.5 Å². The number of benzene rings is 1. The molecule has 1 aromatic carbocycles. The molecule has 0 saturated carbocycles. The van der Waals surface area contributed by atoms with Crippen LogP contribution >= 0.6 is 12.4 Å².